The van der Waals surface area contributed by atoms with Crippen LogP contribution in [-0.2, 0) is 16.4 Å². The number of nitrogens with zero attached hydrogens (tertiary/aromatic N) is 4. The van der Waals surface area contributed by atoms with E-state index in [0.29, 0.717) is 25.2 Å². The Morgan fingerprint density at radius 2 is 2.10 bits per heavy atom. The van der Waals surface area contributed by atoms with Gasteiger partial charge in [-0.3, -0.25) is 4.79 Å². The molecule has 2 aromatic heterocycles. The molecule has 0 radical (unpaired) electrons. The van der Waals surface area contributed by atoms with Gasteiger partial charge >= 0.3 is 6.18 Å². The van der Waals surface area contributed by atoms with Crippen molar-refractivity contribution in [2.75, 3.05) is 17.2 Å². The highest BCUT2D eigenvalue weighted by molar-refractivity contribution is 5.82. The molecule has 2 fully saturated rings. The quantitative estimate of drug-likeness (QED) is 0.745. The first-order valence-electron chi connectivity index (χ1n) is 9.76. The van der Waals surface area contributed by atoms with Gasteiger partial charge in [0.2, 0.25) is 5.95 Å². The Labute approximate surface area is 166 Å². The van der Waals surface area contributed by atoms with Gasteiger partial charge in [0.05, 0.1) is 11.7 Å². The third-order valence-electron chi connectivity index (χ3n) is 5.47. The molecule has 1 atom stereocenters. The van der Waals surface area contributed by atoms with E-state index in [1.165, 1.54) is 0 Å². The van der Waals surface area contributed by atoms with Crippen molar-refractivity contribution in [3.05, 3.63) is 23.5 Å². The Morgan fingerprint density at radius 3 is 2.69 bits per heavy atom. The van der Waals surface area contributed by atoms with Crippen molar-refractivity contribution in [1.82, 2.24) is 19.7 Å². The lowest BCUT2D eigenvalue weighted by molar-refractivity contribution is -0.137. The molecule has 10 heteroatoms. The lowest BCUT2D eigenvalue weighted by atomic mass is 9.85. The van der Waals surface area contributed by atoms with Gasteiger partial charge in [0.25, 0.3) is 0 Å². The van der Waals surface area contributed by atoms with Gasteiger partial charge in [-0.25, -0.2) is 9.67 Å². The van der Waals surface area contributed by atoms with Gasteiger partial charge in [-0.2, -0.15) is 23.3 Å². The summed E-state index contributed by atoms with van der Waals surface area (Å²) in [7, 11) is 0. The van der Waals surface area contributed by atoms with Crippen LogP contribution < -0.4 is 10.6 Å². The Hall–Kier alpha value is -2.65. The van der Waals surface area contributed by atoms with Crippen molar-refractivity contribution >= 4 is 23.4 Å². The number of rotatable bonds is 6. The van der Waals surface area contributed by atoms with E-state index in [4.69, 9.17) is 5.10 Å². The number of aromatic nitrogens is 4. The second-order valence-corrected chi connectivity index (χ2v) is 7.98. The second-order valence-electron chi connectivity index (χ2n) is 7.98. The second kappa shape index (κ2) is 7.00. The number of Topliss-reactive ketones (excluding diaryl/α,β-unsaturated/α-hetero) is 1. The summed E-state index contributed by atoms with van der Waals surface area (Å²) in [6.07, 6.45) is -0.0388. The summed E-state index contributed by atoms with van der Waals surface area (Å²) in [4.78, 5) is 19.7. The van der Waals surface area contributed by atoms with Crippen molar-refractivity contribution < 1.29 is 18.0 Å². The fraction of sp³-hybridized carbons (Fsp3) is 0.579. The number of carbonyl (C=O) groups excluding carboxylic acids is 1. The minimum Gasteiger partial charge on any atom is -0.370 e. The molecule has 0 aromatic carbocycles. The minimum absolute atomic E-state index is 0.0648. The molecule has 0 amide bonds. The highest BCUT2D eigenvalue weighted by Gasteiger charge is 2.40. The fourth-order valence-electron chi connectivity index (χ4n) is 3.69. The Balaban J connectivity index is 1.65. The average Bonchev–Trinajstić information content (AvgIpc) is 3.30. The molecule has 7 nitrogen and oxygen atoms in total. The fourth-order valence-corrected chi connectivity index (χ4v) is 3.69. The first-order valence-corrected chi connectivity index (χ1v) is 9.76. The first-order chi connectivity index (χ1) is 13.7. The maximum Gasteiger partial charge on any atom is 0.421 e. The molecule has 2 N–H and O–H groups in total. The third kappa shape index (κ3) is 3.92. The Bertz CT molecular complexity index is 937. The van der Waals surface area contributed by atoms with Gasteiger partial charge in [-0.1, -0.05) is 6.92 Å². The molecule has 0 aliphatic heterocycles. The minimum atomic E-state index is -4.54. The number of hydrogen-bond donors (Lipinski definition) is 2. The van der Waals surface area contributed by atoms with Crippen LogP contribution in [0.1, 0.15) is 63.3 Å². The van der Waals surface area contributed by atoms with Crippen LogP contribution in [0.5, 0.6) is 0 Å². The van der Waals surface area contributed by atoms with Crippen molar-refractivity contribution in [1.29, 1.82) is 0 Å². The third-order valence-corrected chi connectivity index (χ3v) is 5.47. The number of nitrogens with one attached hydrogen (secondary N) is 2. The highest BCUT2D eigenvalue weighted by atomic mass is 19.4. The smallest absolute Gasteiger partial charge is 0.370 e. The predicted octanol–water partition coefficient (Wildman–Crippen LogP) is 4.21. The largest absolute Gasteiger partial charge is 0.421 e. The topological polar surface area (TPSA) is 84.7 Å². The van der Waals surface area contributed by atoms with E-state index in [1.807, 2.05) is 17.7 Å². The van der Waals surface area contributed by atoms with Crippen LogP contribution in [0.15, 0.2) is 12.3 Å². The SMILES string of the molecule is CCNc1nc(Nc2cc(C3(C)CCC(=O)C3)nn2C2CC2)ncc1C(F)(F)F. The summed E-state index contributed by atoms with van der Waals surface area (Å²) < 4.78 is 41.4. The number of halogens is 3. The average molecular weight is 408 g/mol. The van der Waals surface area contributed by atoms with E-state index in [2.05, 4.69) is 20.6 Å². The van der Waals surface area contributed by atoms with E-state index >= 15 is 0 Å². The maximum atomic E-state index is 13.2. The number of anilines is 3. The molecule has 2 aliphatic carbocycles. The molecular weight excluding hydrogens is 385 g/mol. The number of alkyl halides is 3. The van der Waals surface area contributed by atoms with Crippen LogP contribution in [0.25, 0.3) is 0 Å². The molecule has 29 heavy (non-hydrogen) atoms. The van der Waals surface area contributed by atoms with Crippen LogP contribution >= 0.6 is 0 Å². The molecule has 0 spiro atoms. The number of ketones is 1. The van der Waals surface area contributed by atoms with Crippen LogP contribution in [0.4, 0.5) is 30.8 Å². The molecule has 2 aromatic rings. The zero-order valence-electron chi connectivity index (χ0n) is 16.3. The summed E-state index contributed by atoms with van der Waals surface area (Å²) >= 11 is 0. The van der Waals surface area contributed by atoms with Crippen molar-refractivity contribution in [2.24, 2.45) is 0 Å². The van der Waals surface area contributed by atoms with E-state index in [0.717, 1.165) is 31.2 Å². The van der Waals surface area contributed by atoms with E-state index in [9.17, 15) is 18.0 Å². The molecule has 0 bridgehead atoms. The van der Waals surface area contributed by atoms with Crippen LogP contribution in [-0.4, -0.2) is 32.1 Å². The number of carbonyl (C=O) groups is 1. The summed E-state index contributed by atoms with van der Waals surface area (Å²) in [5.41, 5.74) is -0.404. The van der Waals surface area contributed by atoms with E-state index < -0.39 is 11.7 Å². The molecule has 156 valence electrons. The van der Waals surface area contributed by atoms with Gasteiger partial charge in [-0.05, 0) is 26.2 Å². The van der Waals surface area contributed by atoms with Crippen LogP contribution in [0.3, 0.4) is 0 Å². The molecule has 2 aliphatic rings. The summed E-state index contributed by atoms with van der Waals surface area (Å²) in [5.74, 6) is 0.660. The van der Waals surface area contributed by atoms with E-state index in [-0.39, 0.29) is 29.0 Å². The van der Waals surface area contributed by atoms with Gasteiger partial charge in [0, 0.05) is 37.1 Å². The van der Waals surface area contributed by atoms with Crippen LogP contribution in [0, 0.1) is 0 Å². The van der Waals surface area contributed by atoms with Crippen LogP contribution in [0.2, 0.25) is 0 Å². The Morgan fingerprint density at radius 1 is 1.34 bits per heavy atom. The summed E-state index contributed by atoms with van der Waals surface area (Å²) in [6.45, 7) is 4.03. The Kier molecular flexibility index (Phi) is 4.74. The normalized spacial score (nSPS) is 22.2. The highest BCUT2D eigenvalue weighted by Crippen LogP contribution is 2.43. The summed E-state index contributed by atoms with van der Waals surface area (Å²) in [5, 5.41) is 10.4. The molecule has 1 unspecified atom stereocenters. The molecule has 2 saturated carbocycles. The zero-order chi connectivity index (χ0) is 20.8. The first kappa shape index (κ1) is 19.7. The van der Waals surface area contributed by atoms with Gasteiger partial charge in [0.15, 0.2) is 0 Å². The van der Waals surface area contributed by atoms with Gasteiger partial charge in [0.1, 0.15) is 23.0 Å². The lowest BCUT2D eigenvalue weighted by Gasteiger charge is -2.19. The monoisotopic (exact) mass is 408 g/mol. The van der Waals surface area contributed by atoms with E-state index in [1.54, 1.807) is 6.92 Å². The maximum absolute atomic E-state index is 13.2. The molecule has 0 saturated heterocycles. The van der Waals surface area contributed by atoms with Crippen molar-refractivity contribution in [3.63, 3.8) is 0 Å². The molecule has 2 heterocycles. The van der Waals surface area contributed by atoms with Crippen molar-refractivity contribution in [3.8, 4) is 0 Å². The summed E-state index contributed by atoms with van der Waals surface area (Å²) in [6, 6.07) is 2.11. The van der Waals surface area contributed by atoms with Crippen molar-refractivity contribution in [2.45, 2.75) is 63.6 Å². The lowest BCUT2D eigenvalue weighted by Crippen LogP contribution is -2.19. The molecular formula is C19H23F3N6O. The number of hydrogen-bond acceptors (Lipinski definition) is 6. The zero-order valence-corrected chi connectivity index (χ0v) is 16.3. The predicted molar refractivity (Wildman–Crippen MR) is 101 cm³/mol. The van der Waals surface area contributed by atoms with Gasteiger partial charge in [-0.15, -0.1) is 0 Å². The molecule has 4 rings (SSSR count). The standard InChI is InChI=1S/C19H23F3N6O/c1-3-23-16-13(19(20,21)22)10-24-17(26-16)25-15-8-14(27-28(15)11-4-5-11)18(2)7-6-12(29)9-18/h8,10-11H,3-7,9H2,1-2H3,(H2,23,24,25,26). The van der Waals surface area contributed by atoms with Gasteiger partial charge < -0.3 is 10.6 Å².